The maximum atomic E-state index is 12.4. The lowest BCUT2D eigenvalue weighted by Crippen LogP contribution is -2.27. The molecule has 2 aromatic carbocycles. The number of likely N-dealkylation sites (N-methyl/N-ethyl adjacent to an activating group) is 1. The van der Waals surface area contributed by atoms with E-state index in [1.54, 1.807) is 16.2 Å². The molecule has 0 N–H and O–H groups in total. The molecule has 0 unspecified atom stereocenters. The average molecular weight is 324 g/mol. The highest BCUT2D eigenvalue weighted by Gasteiger charge is 2.13. The number of carbonyl (C=O) groups excluding carboxylic acids is 1. The zero-order chi connectivity index (χ0) is 16.4. The molecule has 3 nitrogen and oxygen atoms in total. The molecule has 3 rings (SSSR count). The summed E-state index contributed by atoms with van der Waals surface area (Å²) in [6.07, 6.45) is 0.433. The zero-order valence-electron chi connectivity index (χ0n) is 13.7. The minimum Gasteiger partial charge on any atom is -0.339 e. The van der Waals surface area contributed by atoms with Gasteiger partial charge in [-0.05, 0) is 42.7 Å². The van der Waals surface area contributed by atoms with Gasteiger partial charge in [0.05, 0.1) is 23.2 Å². The highest BCUT2D eigenvalue weighted by atomic mass is 32.1. The van der Waals surface area contributed by atoms with Gasteiger partial charge in [-0.2, -0.15) is 0 Å². The van der Waals surface area contributed by atoms with Crippen LogP contribution in [0.2, 0.25) is 0 Å². The van der Waals surface area contributed by atoms with E-state index in [2.05, 4.69) is 37.0 Å². The van der Waals surface area contributed by atoms with Gasteiger partial charge in [0.15, 0.2) is 0 Å². The molecular weight excluding hydrogens is 304 g/mol. The van der Waals surface area contributed by atoms with E-state index in [9.17, 15) is 4.79 Å². The third-order valence-corrected chi connectivity index (χ3v) is 5.08. The summed E-state index contributed by atoms with van der Waals surface area (Å²) < 4.78 is 1.16. The minimum atomic E-state index is 0.118. The Hall–Kier alpha value is -2.20. The first-order valence-corrected chi connectivity index (χ1v) is 8.49. The number of carbonyl (C=O) groups is 1. The van der Waals surface area contributed by atoms with Gasteiger partial charge in [0.25, 0.3) is 0 Å². The van der Waals surface area contributed by atoms with E-state index in [4.69, 9.17) is 0 Å². The van der Waals surface area contributed by atoms with E-state index < -0.39 is 0 Å². The van der Waals surface area contributed by atoms with Gasteiger partial charge < -0.3 is 4.90 Å². The van der Waals surface area contributed by atoms with E-state index in [0.29, 0.717) is 13.0 Å². The fourth-order valence-corrected chi connectivity index (χ4v) is 3.52. The van der Waals surface area contributed by atoms with Crippen molar-refractivity contribution in [2.75, 3.05) is 7.05 Å². The molecule has 3 aromatic rings. The van der Waals surface area contributed by atoms with Crippen LogP contribution >= 0.6 is 11.3 Å². The van der Waals surface area contributed by atoms with Crippen molar-refractivity contribution in [3.8, 4) is 0 Å². The largest absolute Gasteiger partial charge is 0.339 e. The quantitative estimate of drug-likeness (QED) is 0.723. The van der Waals surface area contributed by atoms with Crippen LogP contribution in [-0.4, -0.2) is 22.8 Å². The second kappa shape index (κ2) is 6.50. The molecule has 0 aliphatic rings. The first-order chi connectivity index (χ1) is 11.0. The van der Waals surface area contributed by atoms with Gasteiger partial charge in [-0.3, -0.25) is 4.79 Å². The van der Waals surface area contributed by atoms with Gasteiger partial charge in [-0.1, -0.05) is 30.3 Å². The SMILES string of the molecule is Cc1ccc(CC(=O)N(C)Cc2nc3ccccc3s2)cc1C. The summed E-state index contributed by atoms with van der Waals surface area (Å²) in [6.45, 7) is 4.72. The molecule has 1 aromatic heterocycles. The average Bonchev–Trinajstić information content (AvgIpc) is 2.93. The lowest BCUT2D eigenvalue weighted by atomic mass is 10.0. The Balaban J connectivity index is 1.68. The van der Waals surface area contributed by atoms with Gasteiger partial charge in [-0.25, -0.2) is 4.98 Å². The van der Waals surface area contributed by atoms with Crippen molar-refractivity contribution >= 4 is 27.5 Å². The molecule has 0 radical (unpaired) electrons. The molecular formula is C19H20N2OS. The fourth-order valence-electron chi connectivity index (χ4n) is 2.50. The molecule has 0 aliphatic carbocycles. The predicted molar refractivity (Wildman–Crippen MR) is 95.7 cm³/mol. The van der Waals surface area contributed by atoms with Crippen LogP contribution in [0.5, 0.6) is 0 Å². The highest BCUT2D eigenvalue weighted by molar-refractivity contribution is 7.18. The second-order valence-corrected chi connectivity index (χ2v) is 7.04. The Morgan fingerprint density at radius 1 is 1.13 bits per heavy atom. The van der Waals surface area contributed by atoms with Crippen molar-refractivity contribution in [2.24, 2.45) is 0 Å². The maximum absolute atomic E-state index is 12.4. The summed E-state index contributed by atoms with van der Waals surface area (Å²) >= 11 is 1.65. The summed E-state index contributed by atoms with van der Waals surface area (Å²) in [6, 6.07) is 14.3. The minimum absolute atomic E-state index is 0.118. The molecule has 0 atom stereocenters. The van der Waals surface area contributed by atoms with Gasteiger partial charge in [-0.15, -0.1) is 11.3 Å². The first kappa shape index (κ1) is 15.7. The van der Waals surface area contributed by atoms with Crippen LogP contribution in [0.1, 0.15) is 21.7 Å². The number of thiazole rings is 1. The number of benzene rings is 2. The Morgan fingerprint density at radius 3 is 2.65 bits per heavy atom. The molecule has 0 fully saturated rings. The molecule has 0 aliphatic heterocycles. The van der Waals surface area contributed by atoms with Gasteiger partial charge in [0, 0.05) is 7.05 Å². The molecule has 1 amide bonds. The zero-order valence-corrected chi connectivity index (χ0v) is 14.5. The van der Waals surface area contributed by atoms with Crippen molar-refractivity contribution in [1.82, 2.24) is 9.88 Å². The number of amides is 1. The third kappa shape index (κ3) is 3.59. The predicted octanol–water partition coefficient (Wildman–Crippen LogP) is 4.11. The highest BCUT2D eigenvalue weighted by Crippen LogP contribution is 2.22. The normalized spacial score (nSPS) is 10.9. The van der Waals surface area contributed by atoms with Crippen LogP contribution in [0.25, 0.3) is 10.2 Å². The topological polar surface area (TPSA) is 33.2 Å². The Kier molecular flexibility index (Phi) is 4.44. The Bertz CT molecular complexity index is 820. The molecule has 0 saturated carbocycles. The number of hydrogen-bond donors (Lipinski definition) is 0. The first-order valence-electron chi connectivity index (χ1n) is 7.67. The van der Waals surface area contributed by atoms with Crippen LogP contribution in [-0.2, 0) is 17.8 Å². The number of rotatable bonds is 4. The van der Waals surface area contributed by atoms with Crippen molar-refractivity contribution in [3.63, 3.8) is 0 Å². The lowest BCUT2D eigenvalue weighted by molar-refractivity contribution is -0.129. The molecule has 4 heteroatoms. The van der Waals surface area contributed by atoms with Crippen LogP contribution < -0.4 is 0 Å². The smallest absolute Gasteiger partial charge is 0.227 e. The number of para-hydroxylation sites is 1. The summed E-state index contributed by atoms with van der Waals surface area (Å²) in [7, 11) is 1.84. The van der Waals surface area contributed by atoms with E-state index >= 15 is 0 Å². The van der Waals surface area contributed by atoms with E-state index in [1.165, 1.54) is 11.1 Å². The number of aromatic nitrogens is 1. The monoisotopic (exact) mass is 324 g/mol. The number of aryl methyl sites for hydroxylation is 2. The maximum Gasteiger partial charge on any atom is 0.227 e. The molecule has 0 spiro atoms. The van der Waals surface area contributed by atoms with E-state index in [0.717, 1.165) is 20.8 Å². The van der Waals surface area contributed by atoms with Crippen LogP contribution in [0.15, 0.2) is 42.5 Å². The second-order valence-electron chi connectivity index (χ2n) is 5.92. The summed E-state index contributed by atoms with van der Waals surface area (Å²) in [5.41, 5.74) is 4.55. The van der Waals surface area contributed by atoms with E-state index in [-0.39, 0.29) is 5.91 Å². The van der Waals surface area contributed by atoms with Crippen LogP contribution in [0.4, 0.5) is 0 Å². The van der Waals surface area contributed by atoms with Crippen molar-refractivity contribution in [3.05, 3.63) is 64.2 Å². The van der Waals surface area contributed by atoms with E-state index in [1.807, 2.05) is 31.3 Å². The number of hydrogen-bond acceptors (Lipinski definition) is 3. The summed E-state index contributed by atoms with van der Waals surface area (Å²) in [4.78, 5) is 18.8. The van der Waals surface area contributed by atoms with Gasteiger partial charge in [0.1, 0.15) is 5.01 Å². The number of fused-ring (bicyclic) bond motifs is 1. The molecule has 0 saturated heterocycles. The standard InChI is InChI=1S/C19H20N2OS/c1-13-8-9-15(10-14(13)2)11-19(22)21(3)12-18-20-16-6-4-5-7-17(16)23-18/h4-10H,11-12H2,1-3H3. The van der Waals surface area contributed by atoms with Gasteiger partial charge in [0.2, 0.25) is 5.91 Å². The molecule has 0 bridgehead atoms. The lowest BCUT2D eigenvalue weighted by Gasteiger charge is -2.16. The Labute approximate surface area is 140 Å². The van der Waals surface area contributed by atoms with Crippen molar-refractivity contribution in [2.45, 2.75) is 26.8 Å². The van der Waals surface area contributed by atoms with Crippen LogP contribution in [0.3, 0.4) is 0 Å². The third-order valence-electron chi connectivity index (χ3n) is 4.06. The van der Waals surface area contributed by atoms with Crippen molar-refractivity contribution in [1.29, 1.82) is 0 Å². The Morgan fingerprint density at radius 2 is 1.91 bits per heavy atom. The molecule has 23 heavy (non-hydrogen) atoms. The van der Waals surface area contributed by atoms with Crippen molar-refractivity contribution < 1.29 is 4.79 Å². The fraction of sp³-hybridized carbons (Fsp3) is 0.263. The number of nitrogens with zero attached hydrogens (tertiary/aromatic N) is 2. The van der Waals surface area contributed by atoms with Crippen LogP contribution in [0, 0.1) is 13.8 Å². The molecule has 118 valence electrons. The molecule has 1 heterocycles. The summed E-state index contributed by atoms with van der Waals surface area (Å²) in [5.74, 6) is 0.118. The summed E-state index contributed by atoms with van der Waals surface area (Å²) in [5, 5.41) is 0.974. The van der Waals surface area contributed by atoms with Gasteiger partial charge >= 0.3 is 0 Å².